The maximum absolute atomic E-state index is 13.7. The zero-order chi connectivity index (χ0) is 15.2. The molecule has 0 heterocycles. The lowest BCUT2D eigenvalue weighted by atomic mass is 10.1. The Morgan fingerprint density at radius 2 is 2.00 bits per heavy atom. The van der Waals surface area contributed by atoms with E-state index in [1.54, 1.807) is 11.8 Å². The van der Waals surface area contributed by atoms with Crippen LogP contribution in [-0.2, 0) is 6.42 Å². The first-order chi connectivity index (χ1) is 10.1. The Bertz CT molecular complexity index is 607. The van der Waals surface area contributed by atoms with E-state index in [1.807, 2.05) is 31.3 Å². The highest BCUT2D eigenvalue weighted by Crippen LogP contribution is 2.23. The highest BCUT2D eigenvalue weighted by Gasteiger charge is 2.12. The zero-order valence-corrected chi connectivity index (χ0v) is 13.1. The molecule has 0 aliphatic carbocycles. The van der Waals surface area contributed by atoms with E-state index in [4.69, 9.17) is 11.6 Å². The Labute approximate surface area is 132 Å². The molecule has 2 rings (SSSR count). The van der Waals surface area contributed by atoms with Gasteiger partial charge in [-0.25, -0.2) is 8.78 Å². The molecule has 0 aliphatic rings. The number of halogens is 3. The van der Waals surface area contributed by atoms with Crippen molar-refractivity contribution in [2.24, 2.45) is 0 Å². The zero-order valence-electron chi connectivity index (χ0n) is 11.6. The normalized spacial score (nSPS) is 12.4. The van der Waals surface area contributed by atoms with E-state index in [0.717, 1.165) is 16.7 Å². The molecule has 112 valence electrons. The predicted octanol–water partition coefficient (Wildman–Crippen LogP) is 4.54. The van der Waals surface area contributed by atoms with Gasteiger partial charge in [0.25, 0.3) is 0 Å². The molecule has 0 spiro atoms. The van der Waals surface area contributed by atoms with E-state index in [0.29, 0.717) is 17.0 Å². The molecule has 0 saturated carbocycles. The molecule has 0 saturated heterocycles. The first-order valence-corrected chi connectivity index (χ1v) is 7.94. The number of benzene rings is 2. The quantitative estimate of drug-likeness (QED) is 0.782. The lowest BCUT2D eigenvalue weighted by molar-refractivity contribution is 0.550. The van der Waals surface area contributed by atoms with Gasteiger partial charge in [0.05, 0.1) is 0 Å². The number of hydrogen-bond donors (Lipinski definition) is 1. The van der Waals surface area contributed by atoms with Gasteiger partial charge in [-0.1, -0.05) is 23.7 Å². The molecule has 0 radical (unpaired) electrons. The van der Waals surface area contributed by atoms with Gasteiger partial charge in [0.1, 0.15) is 11.6 Å². The molecule has 0 bridgehead atoms. The SMILES string of the molecule is CNC(CSc1cccc(Cl)c1)Cc1ccc(F)cc1F. The minimum absolute atomic E-state index is 0.0916. The summed E-state index contributed by atoms with van der Waals surface area (Å²) in [7, 11) is 1.84. The van der Waals surface area contributed by atoms with Crippen LogP contribution in [-0.4, -0.2) is 18.8 Å². The molecule has 0 aliphatic heterocycles. The summed E-state index contributed by atoms with van der Waals surface area (Å²) >= 11 is 7.60. The third kappa shape index (κ3) is 4.99. The molecule has 1 N–H and O–H groups in total. The van der Waals surface area contributed by atoms with Crippen molar-refractivity contribution in [3.63, 3.8) is 0 Å². The van der Waals surface area contributed by atoms with E-state index < -0.39 is 11.6 Å². The largest absolute Gasteiger partial charge is 0.316 e. The third-order valence-electron chi connectivity index (χ3n) is 3.14. The van der Waals surface area contributed by atoms with Crippen LogP contribution in [0.5, 0.6) is 0 Å². The van der Waals surface area contributed by atoms with Crippen LogP contribution in [0.2, 0.25) is 5.02 Å². The van der Waals surface area contributed by atoms with Crippen molar-refractivity contribution in [2.45, 2.75) is 17.4 Å². The van der Waals surface area contributed by atoms with Gasteiger partial charge in [-0.05, 0) is 43.3 Å². The number of nitrogens with one attached hydrogen (secondary N) is 1. The Kier molecular flexibility index (Phi) is 6.03. The van der Waals surface area contributed by atoms with Crippen molar-refractivity contribution < 1.29 is 8.78 Å². The highest BCUT2D eigenvalue weighted by atomic mass is 35.5. The van der Waals surface area contributed by atoms with Gasteiger partial charge in [0, 0.05) is 27.8 Å². The summed E-state index contributed by atoms with van der Waals surface area (Å²) < 4.78 is 26.6. The van der Waals surface area contributed by atoms with Gasteiger partial charge in [0.2, 0.25) is 0 Å². The molecular formula is C16H16ClF2NS. The minimum Gasteiger partial charge on any atom is -0.316 e. The number of thioether (sulfide) groups is 1. The monoisotopic (exact) mass is 327 g/mol. The van der Waals surface area contributed by atoms with Gasteiger partial charge in [-0.15, -0.1) is 11.8 Å². The van der Waals surface area contributed by atoms with Crippen molar-refractivity contribution in [1.29, 1.82) is 0 Å². The van der Waals surface area contributed by atoms with Gasteiger partial charge < -0.3 is 5.32 Å². The maximum Gasteiger partial charge on any atom is 0.129 e. The Balaban J connectivity index is 1.97. The minimum atomic E-state index is -0.550. The fourth-order valence-electron chi connectivity index (χ4n) is 1.95. The topological polar surface area (TPSA) is 12.0 Å². The number of likely N-dealkylation sites (N-methyl/N-ethyl adjacent to an activating group) is 1. The maximum atomic E-state index is 13.7. The average molecular weight is 328 g/mol. The predicted molar refractivity (Wildman–Crippen MR) is 85.1 cm³/mol. The van der Waals surface area contributed by atoms with Gasteiger partial charge in [0.15, 0.2) is 0 Å². The summed E-state index contributed by atoms with van der Waals surface area (Å²) in [6, 6.07) is 11.4. The molecule has 21 heavy (non-hydrogen) atoms. The van der Waals surface area contributed by atoms with E-state index in [1.165, 1.54) is 12.1 Å². The van der Waals surface area contributed by atoms with Gasteiger partial charge in [-0.3, -0.25) is 0 Å². The van der Waals surface area contributed by atoms with E-state index >= 15 is 0 Å². The van der Waals surface area contributed by atoms with Gasteiger partial charge >= 0.3 is 0 Å². The first-order valence-electron chi connectivity index (χ1n) is 6.58. The lowest BCUT2D eigenvalue weighted by Gasteiger charge is -2.16. The Morgan fingerprint density at radius 1 is 1.19 bits per heavy atom. The van der Waals surface area contributed by atoms with Crippen LogP contribution in [0.3, 0.4) is 0 Å². The molecule has 0 aromatic heterocycles. The number of hydrogen-bond acceptors (Lipinski definition) is 2. The van der Waals surface area contributed by atoms with Crippen LogP contribution in [0.4, 0.5) is 8.78 Å². The average Bonchev–Trinajstić information content (AvgIpc) is 2.45. The van der Waals surface area contributed by atoms with E-state index in [-0.39, 0.29) is 6.04 Å². The molecular weight excluding hydrogens is 312 g/mol. The Hall–Kier alpha value is -1.10. The van der Waals surface area contributed by atoms with Crippen molar-refractivity contribution in [3.05, 3.63) is 64.7 Å². The van der Waals surface area contributed by atoms with Crippen LogP contribution < -0.4 is 5.32 Å². The summed E-state index contributed by atoms with van der Waals surface area (Å²) in [4.78, 5) is 1.07. The molecule has 0 amide bonds. The molecule has 1 unspecified atom stereocenters. The smallest absolute Gasteiger partial charge is 0.129 e. The van der Waals surface area contributed by atoms with Crippen molar-refractivity contribution in [2.75, 3.05) is 12.8 Å². The fourth-order valence-corrected chi connectivity index (χ4v) is 3.27. The summed E-state index contributed by atoms with van der Waals surface area (Å²) in [5, 5.41) is 3.86. The molecule has 1 atom stereocenters. The first kappa shape index (κ1) is 16.3. The van der Waals surface area contributed by atoms with Crippen molar-refractivity contribution in [1.82, 2.24) is 5.32 Å². The third-order valence-corrected chi connectivity index (χ3v) is 4.53. The van der Waals surface area contributed by atoms with Crippen LogP contribution in [0.25, 0.3) is 0 Å². The second-order valence-corrected chi connectivity index (χ2v) is 6.22. The highest BCUT2D eigenvalue weighted by molar-refractivity contribution is 7.99. The second-order valence-electron chi connectivity index (χ2n) is 4.69. The van der Waals surface area contributed by atoms with E-state index in [9.17, 15) is 8.78 Å². The summed E-state index contributed by atoms with van der Waals surface area (Å²) in [5.41, 5.74) is 0.516. The molecule has 5 heteroatoms. The lowest BCUT2D eigenvalue weighted by Crippen LogP contribution is -2.30. The van der Waals surface area contributed by atoms with Crippen molar-refractivity contribution in [3.8, 4) is 0 Å². The van der Waals surface area contributed by atoms with Crippen LogP contribution in [0, 0.1) is 11.6 Å². The summed E-state index contributed by atoms with van der Waals surface area (Å²) in [6.07, 6.45) is 0.510. The number of rotatable bonds is 6. The molecule has 1 nitrogen and oxygen atoms in total. The van der Waals surface area contributed by atoms with E-state index in [2.05, 4.69) is 5.32 Å². The van der Waals surface area contributed by atoms with Crippen molar-refractivity contribution >= 4 is 23.4 Å². The van der Waals surface area contributed by atoms with Gasteiger partial charge in [-0.2, -0.15) is 0 Å². The van der Waals surface area contributed by atoms with Crippen LogP contribution in [0.15, 0.2) is 47.4 Å². The Morgan fingerprint density at radius 3 is 2.67 bits per heavy atom. The standard InChI is InChI=1S/C16H16ClF2NS/c1-20-14(7-11-5-6-13(18)9-16(11)19)10-21-15-4-2-3-12(17)8-15/h2-6,8-9,14,20H,7,10H2,1H3. The summed E-state index contributed by atoms with van der Waals surface area (Å²) in [6.45, 7) is 0. The van der Waals surface area contributed by atoms with Crippen LogP contribution >= 0.6 is 23.4 Å². The second kappa shape index (κ2) is 7.78. The molecule has 2 aromatic carbocycles. The molecule has 2 aromatic rings. The van der Waals surface area contributed by atoms with Crippen LogP contribution in [0.1, 0.15) is 5.56 Å². The summed E-state index contributed by atoms with van der Waals surface area (Å²) in [5.74, 6) is -0.276. The molecule has 0 fully saturated rings. The fraction of sp³-hybridized carbons (Fsp3) is 0.250.